The van der Waals surface area contributed by atoms with Crippen molar-refractivity contribution in [1.29, 1.82) is 0 Å². The average Bonchev–Trinajstić information content (AvgIpc) is 2.30. The van der Waals surface area contributed by atoms with Gasteiger partial charge in [-0.05, 0) is 12.8 Å². The zero-order chi connectivity index (χ0) is 11.8. The third-order valence-electron chi connectivity index (χ3n) is 2.80. The van der Waals surface area contributed by atoms with Crippen LogP contribution in [0.15, 0.2) is 0 Å². The van der Waals surface area contributed by atoms with Crippen molar-refractivity contribution in [2.75, 3.05) is 44.2 Å². The van der Waals surface area contributed by atoms with Gasteiger partial charge in [-0.25, -0.2) is 0 Å². The molecule has 1 amide bonds. The quantitative estimate of drug-likeness (QED) is 0.710. The zero-order valence-corrected chi connectivity index (χ0v) is 11.4. The summed E-state index contributed by atoms with van der Waals surface area (Å²) >= 11 is 1.99. The van der Waals surface area contributed by atoms with Crippen LogP contribution in [-0.2, 0) is 4.79 Å². The van der Waals surface area contributed by atoms with Crippen LogP contribution >= 0.6 is 11.8 Å². The molecule has 1 saturated heterocycles. The van der Waals surface area contributed by atoms with Gasteiger partial charge in [0.15, 0.2) is 0 Å². The summed E-state index contributed by atoms with van der Waals surface area (Å²) in [6, 6.07) is 0. The Bertz CT molecular complexity index is 199. The van der Waals surface area contributed by atoms with Crippen LogP contribution in [0.4, 0.5) is 0 Å². The molecular formula is C12H24N2OS. The van der Waals surface area contributed by atoms with Crippen molar-refractivity contribution < 1.29 is 4.79 Å². The lowest BCUT2D eigenvalue weighted by atomic mass is 10.3. The number of thioether (sulfide) groups is 1. The largest absolute Gasteiger partial charge is 0.342 e. The van der Waals surface area contributed by atoms with Crippen LogP contribution < -0.4 is 0 Å². The van der Waals surface area contributed by atoms with E-state index >= 15 is 0 Å². The predicted molar refractivity (Wildman–Crippen MR) is 70.9 cm³/mol. The number of carbonyl (C=O) groups excluding carboxylic acids is 1. The van der Waals surface area contributed by atoms with Gasteiger partial charge in [0, 0.05) is 37.7 Å². The molecule has 1 rings (SSSR count). The molecule has 0 aromatic carbocycles. The van der Waals surface area contributed by atoms with E-state index in [1.54, 1.807) is 0 Å². The van der Waals surface area contributed by atoms with Gasteiger partial charge in [-0.15, -0.1) is 0 Å². The molecule has 1 fully saturated rings. The lowest BCUT2D eigenvalue weighted by Crippen LogP contribution is -2.43. The molecule has 0 spiro atoms. The van der Waals surface area contributed by atoms with E-state index in [-0.39, 0.29) is 0 Å². The van der Waals surface area contributed by atoms with Crippen molar-refractivity contribution in [3.63, 3.8) is 0 Å². The number of carbonyl (C=O) groups is 1. The molecule has 94 valence electrons. The van der Waals surface area contributed by atoms with Gasteiger partial charge in [0.1, 0.15) is 0 Å². The van der Waals surface area contributed by atoms with E-state index in [2.05, 4.69) is 18.7 Å². The van der Waals surface area contributed by atoms with Gasteiger partial charge in [-0.2, -0.15) is 11.8 Å². The SMILES string of the molecule is CCCN(CCC)C(=O)CN1CCSCC1. The molecule has 0 N–H and O–H groups in total. The average molecular weight is 244 g/mol. The zero-order valence-electron chi connectivity index (χ0n) is 10.6. The highest BCUT2D eigenvalue weighted by Gasteiger charge is 2.17. The highest BCUT2D eigenvalue weighted by atomic mass is 32.2. The molecule has 0 radical (unpaired) electrons. The van der Waals surface area contributed by atoms with E-state index in [4.69, 9.17) is 0 Å². The fourth-order valence-electron chi connectivity index (χ4n) is 1.95. The third-order valence-corrected chi connectivity index (χ3v) is 3.74. The molecule has 1 aliphatic heterocycles. The van der Waals surface area contributed by atoms with Crippen molar-refractivity contribution >= 4 is 17.7 Å². The molecule has 4 heteroatoms. The molecule has 0 aromatic rings. The van der Waals surface area contributed by atoms with Gasteiger partial charge in [0.25, 0.3) is 0 Å². The van der Waals surface area contributed by atoms with Crippen LogP contribution in [-0.4, -0.2) is 59.9 Å². The first-order valence-corrected chi connectivity index (χ1v) is 7.51. The van der Waals surface area contributed by atoms with Crippen molar-refractivity contribution in [2.24, 2.45) is 0 Å². The second-order valence-electron chi connectivity index (χ2n) is 4.27. The molecule has 0 saturated carbocycles. The molecule has 0 aliphatic carbocycles. The summed E-state index contributed by atoms with van der Waals surface area (Å²) in [6.45, 7) is 8.86. The Morgan fingerprint density at radius 2 is 1.75 bits per heavy atom. The molecule has 3 nitrogen and oxygen atoms in total. The van der Waals surface area contributed by atoms with Crippen LogP contribution in [0, 0.1) is 0 Å². The van der Waals surface area contributed by atoms with Crippen LogP contribution in [0.1, 0.15) is 26.7 Å². The molecule has 0 unspecified atom stereocenters. The Kier molecular flexibility index (Phi) is 6.88. The van der Waals surface area contributed by atoms with Gasteiger partial charge in [0.2, 0.25) is 5.91 Å². The predicted octanol–water partition coefficient (Wildman–Crippen LogP) is 1.68. The number of hydrogen-bond donors (Lipinski definition) is 0. The maximum atomic E-state index is 12.1. The van der Waals surface area contributed by atoms with Crippen LogP contribution in [0.25, 0.3) is 0 Å². The standard InChI is InChI=1S/C12H24N2OS/c1-3-5-14(6-4-2)12(15)11-13-7-9-16-10-8-13/h3-11H2,1-2H3. The number of rotatable bonds is 6. The maximum Gasteiger partial charge on any atom is 0.236 e. The number of hydrogen-bond acceptors (Lipinski definition) is 3. The highest BCUT2D eigenvalue weighted by molar-refractivity contribution is 7.99. The van der Waals surface area contributed by atoms with E-state index in [0.29, 0.717) is 12.5 Å². The van der Waals surface area contributed by atoms with Gasteiger partial charge in [-0.3, -0.25) is 9.69 Å². The number of nitrogens with zero attached hydrogens (tertiary/aromatic N) is 2. The van der Waals surface area contributed by atoms with Gasteiger partial charge in [-0.1, -0.05) is 13.8 Å². The topological polar surface area (TPSA) is 23.6 Å². The monoisotopic (exact) mass is 244 g/mol. The van der Waals surface area contributed by atoms with E-state index < -0.39 is 0 Å². The minimum atomic E-state index is 0.315. The Hall–Kier alpha value is -0.220. The fraction of sp³-hybridized carbons (Fsp3) is 0.917. The molecule has 1 heterocycles. The van der Waals surface area contributed by atoms with Gasteiger partial charge < -0.3 is 4.90 Å². The summed E-state index contributed by atoms with van der Waals surface area (Å²) in [5.74, 6) is 2.67. The second-order valence-corrected chi connectivity index (χ2v) is 5.49. The van der Waals surface area contributed by atoms with Crippen molar-refractivity contribution in [3.8, 4) is 0 Å². The molecule has 0 bridgehead atoms. The van der Waals surface area contributed by atoms with Crippen molar-refractivity contribution in [1.82, 2.24) is 9.80 Å². The minimum absolute atomic E-state index is 0.315. The Morgan fingerprint density at radius 1 is 1.19 bits per heavy atom. The summed E-state index contributed by atoms with van der Waals surface area (Å²) in [5.41, 5.74) is 0. The van der Waals surface area contributed by atoms with E-state index in [0.717, 1.165) is 39.0 Å². The normalized spacial score (nSPS) is 17.4. The molecule has 0 aromatic heterocycles. The van der Waals surface area contributed by atoms with E-state index in [9.17, 15) is 4.79 Å². The molecule has 0 atom stereocenters. The van der Waals surface area contributed by atoms with Gasteiger partial charge in [0.05, 0.1) is 6.54 Å². The molecule has 16 heavy (non-hydrogen) atoms. The summed E-state index contributed by atoms with van der Waals surface area (Å²) < 4.78 is 0. The second kappa shape index (κ2) is 7.96. The highest BCUT2D eigenvalue weighted by Crippen LogP contribution is 2.09. The van der Waals surface area contributed by atoms with Crippen LogP contribution in [0.2, 0.25) is 0 Å². The number of amides is 1. The summed E-state index contributed by atoms with van der Waals surface area (Å²) in [6.07, 6.45) is 2.11. The van der Waals surface area contributed by atoms with Crippen molar-refractivity contribution in [2.45, 2.75) is 26.7 Å². The Balaban J connectivity index is 2.34. The summed E-state index contributed by atoms with van der Waals surface area (Å²) in [4.78, 5) is 16.4. The van der Waals surface area contributed by atoms with Crippen molar-refractivity contribution in [3.05, 3.63) is 0 Å². The smallest absolute Gasteiger partial charge is 0.236 e. The third kappa shape index (κ3) is 4.74. The first kappa shape index (κ1) is 13.8. The lowest BCUT2D eigenvalue weighted by molar-refractivity contribution is -0.132. The Morgan fingerprint density at radius 3 is 2.25 bits per heavy atom. The molecule has 1 aliphatic rings. The lowest BCUT2D eigenvalue weighted by Gasteiger charge is -2.29. The first-order chi connectivity index (χ1) is 7.77. The van der Waals surface area contributed by atoms with Crippen LogP contribution in [0.3, 0.4) is 0 Å². The van der Waals surface area contributed by atoms with E-state index in [1.807, 2.05) is 16.7 Å². The minimum Gasteiger partial charge on any atom is -0.342 e. The van der Waals surface area contributed by atoms with Gasteiger partial charge >= 0.3 is 0 Å². The first-order valence-electron chi connectivity index (χ1n) is 6.35. The summed E-state index contributed by atoms with van der Waals surface area (Å²) in [5, 5.41) is 0. The van der Waals surface area contributed by atoms with Crippen LogP contribution in [0.5, 0.6) is 0 Å². The summed E-state index contributed by atoms with van der Waals surface area (Å²) in [7, 11) is 0. The fourth-order valence-corrected chi connectivity index (χ4v) is 2.93. The molecular weight excluding hydrogens is 220 g/mol. The Labute approximate surface area is 104 Å². The van der Waals surface area contributed by atoms with E-state index in [1.165, 1.54) is 11.5 Å². The maximum absolute atomic E-state index is 12.1.